The Morgan fingerprint density at radius 2 is 1.45 bits per heavy atom. The molecule has 2 fully saturated rings. The lowest BCUT2D eigenvalue weighted by molar-refractivity contribution is -0.139. The van der Waals surface area contributed by atoms with Crippen LogP contribution in [-0.4, -0.2) is 47.8 Å². The van der Waals surface area contributed by atoms with Crippen molar-refractivity contribution >= 4 is 17.9 Å². The van der Waals surface area contributed by atoms with E-state index in [-0.39, 0.29) is 17.7 Å². The Morgan fingerprint density at radius 1 is 0.862 bits per heavy atom. The molecule has 0 radical (unpaired) electrons. The van der Waals surface area contributed by atoms with Crippen LogP contribution in [0.2, 0.25) is 0 Å². The maximum atomic E-state index is 12.7. The zero-order valence-electron chi connectivity index (χ0n) is 16.5. The molecular formula is C22H27F3N2O2. The first kappa shape index (κ1) is 21.4. The number of carbonyl (C=O) groups excluding carboxylic acids is 2. The largest absolute Gasteiger partial charge is 0.416 e. The summed E-state index contributed by atoms with van der Waals surface area (Å²) in [6.45, 7) is 2.74. The van der Waals surface area contributed by atoms with Crippen LogP contribution in [-0.2, 0) is 15.8 Å². The number of likely N-dealkylation sites (tertiary alicyclic amines) is 2. The van der Waals surface area contributed by atoms with Gasteiger partial charge in [0.1, 0.15) is 0 Å². The third-order valence-electron chi connectivity index (χ3n) is 5.73. The number of carbonyl (C=O) groups is 2. The molecule has 3 rings (SSSR count). The number of nitrogens with zero attached hydrogens (tertiary/aromatic N) is 2. The minimum absolute atomic E-state index is 0.0176. The topological polar surface area (TPSA) is 40.6 Å². The van der Waals surface area contributed by atoms with Gasteiger partial charge in [-0.05, 0) is 49.5 Å². The van der Waals surface area contributed by atoms with Gasteiger partial charge in [0.25, 0.3) is 0 Å². The summed E-state index contributed by atoms with van der Waals surface area (Å²) in [5.41, 5.74) is -0.172. The van der Waals surface area contributed by atoms with Crippen LogP contribution in [0.5, 0.6) is 0 Å². The summed E-state index contributed by atoms with van der Waals surface area (Å²) in [5.74, 6) is 0.0286. The number of alkyl halides is 3. The quantitative estimate of drug-likeness (QED) is 0.698. The lowest BCUT2D eigenvalue weighted by Gasteiger charge is -2.33. The second-order valence-electron chi connectivity index (χ2n) is 7.79. The van der Waals surface area contributed by atoms with E-state index in [2.05, 4.69) is 0 Å². The number of hydrogen-bond donors (Lipinski definition) is 0. The SMILES string of the molecule is O=C(/C=C/c1ccc(C(F)(F)F)cc1)N1CCC(C(=O)N2CCCCCC2)CC1. The average Bonchev–Trinajstić information content (AvgIpc) is 3.01. The van der Waals surface area contributed by atoms with E-state index < -0.39 is 11.7 Å². The molecule has 4 nitrogen and oxygen atoms in total. The summed E-state index contributed by atoms with van der Waals surface area (Å²) in [5, 5.41) is 0. The van der Waals surface area contributed by atoms with E-state index in [4.69, 9.17) is 0 Å². The molecule has 0 unspecified atom stereocenters. The van der Waals surface area contributed by atoms with Crippen molar-refractivity contribution in [3.63, 3.8) is 0 Å². The summed E-state index contributed by atoms with van der Waals surface area (Å²) in [6.07, 6.45) is 4.37. The number of benzene rings is 1. The van der Waals surface area contributed by atoms with Crippen LogP contribution < -0.4 is 0 Å². The fourth-order valence-electron chi connectivity index (χ4n) is 3.95. The second kappa shape index (κ2) is 9.46. The summed E-state index contributed by atoms with van der Waals surface area (Å²) < 4.78 is 37.8. The van der Waals surface area contributed by atoms with Gasteiger partial charge in [0.15, 0.2) is 0 Å². The number of piperidine rings is 1. The Labute approximate surface area is 169 Å². The number of halogens is 3. The van der Waals surface area contributed by atoms with Gasteiger partial charge in [-0.1, -0.05) is 25.0 Å². The lowest BCUT2D eigenvalue weighted by atomic mass is 9.95. The zero-order valence-corrected chi connectivity index (χ0v) is 16.5. The smallest absolute Gasteiger partial charge is 0.342 e. The van der Waals surface area contributed by atoms with Gasteiger partial charge in [-0.25, -0.2) is 0 Å². The number of hydrogen-bond acceptors (Lipinski definition) is 2. The first-order valence-electron chi connectivity index (χ1n) is 10.3. The van der Waals surface area contributed by atoms with Gasteiger partial charge >= 0.3 is 6.18 Å². The van der Waals surface area contributed by atoms with Gasteiger partial charge in [-0.2, -0.15) is 13.2 Å². The monoisotopic (exact) mass is 408 g/mol. The highest BCUT2D eigenvalue weighted by Crippen LogP contribution is 2.29. The van der Waals surface area contributed by atoms with Crippen molar-refractivity contribution < 1.29 is 22.8 Å². The molecule has 29 heavy (non-hydrogen) atoms. The molecule has 0 aromatic heterocycles. The molecule has 0 N–H and O–H groups in total. The Hall–Kier alpha value is -2.31. The fourth-order valence-corrected chi connectivity index (χ4v) is 3.95. The van der Waals surface area contributed by atoms with E-state index in [9.17, 15) is 22.8 Å². The summed E-state index contributed by atoms with van der Waals surface area (Å²) in [4.78, 5) is 28.8. The van der Waals surface area contributed by atoms with E-state index >= 15 is 0 Å². The maximum absolute atomic E-state index is 12.7. The van der Waals surface area contributed by atoms with Gasteiger partial charge in [0.2, 0.25) is 11.8 Å². The minimum Gasteiger partial charge on any atom is -0.342 e. The Bertz CT molecular complexity index is 727. The Balaban J connectivity index is 1.49. The molecule has 7 heteroatoms. The minimum atomic E-state index is -4.37. The maximum Gasteiger partial charge on any atom is 0.416 e. The van der Waals surface area contributed by atoms with Crippen molar-refractivity contribution in [1.82, 2.24) is 9.80 Å². The van der Waals surface area contributed by atoms with Gasteiger partial charge in [0.05, 0.1) is 5.56 Å². The number of rotatable bonds is 3. The molecule has 2 heterocycles. The Morgan fingerprint density at radius 3 is 2.00 bits per heavy atom. The molecule has 2 saturated heterocycles. The van der Waals surface area contributed by atoms with Crippen LogP contribution in [0.1, 0.15) is 49.7 Å². The molecule has 0 saturated carbocycles. The molecular weight excluding hydrogens is 381 g/mol. The molecule has 0 bridgehead atoms. The third kappa shape index (κ3) is 5.84. The van der Waals surface area contributed by atoms with E-state index in [1.807, 2.05) is 4.90 Å². The average molecular weight is 408 g/mol. The second-order valence-corrected chi connectivity index (χ2v) is 7.79. The molecule has 0 aliphatic carbocycles. The highest BCUT2D eigenvalue weighted by Gasteiger charge is 2.31. The molecule has 2 amide bonds. The van der Waals surface area contributed by atoms with Crippen molar-refractivity contribution in [3.05, 3.63) is 41.5 Å². The van der Waals surface area contributed by atoms with Crippen molar-refractivity contribution in [1.29, 1.82) is 0 Å². The predicted molar refractivity (Wildman–Crippen MR) is 105 cm³/mol. The standard InChI is InChI=1S/C22H27F3N2O2/c23-22(24,25)19-8-5-17(6-9-19)7-10-20(28)26-15-11-18(12-16-26)21(29)27-13-3-1-2-4-14-27/h5-10,18H,1-4,11-16H2/b10-7+. The third-order valence-corrected chi connectivity index (χ3v) is 5.73. The van der Waals surface area contributed by atoms with Crippen molar-refractivity contribution in [2.75, 3.05) is 26.2 Å². The van der Waals surface area contributed by atoms with Crippen LogP contribution in [0.4, 0.5) is 13.2 Å². The van der Waals surface area contributed by atoms with Crippen LogP contribution in [0.25, 0.3) is 6.08 Å². The van der Waals surface area contributed by atoms with E-state index in [1.54, 1.807) is 4.90 Å². The first-order valence-corrected chi connectivity index (χ1v) is 10.3. The van der Waals surface area contributed by atoms with Gasteiger partial charge in [-0.15, -0.1) is 0 Å². The van der Waals surface area contributed by atoms with Gasteiger partial charge in [0, 0.05) is 38.2 Å². The molecule has 1 aromatic carbocycles. The molecule has 0 atom stereocenters. The molecule has 2 aliphatic heterocycles. The fraction of sp³-hybridized carbons (Fsp3) is 0.545. The Kier molecular flexibility index (Phi) is 6.98. The van der Waals surface area contributed by atoms with Gasteiger partial charge in [-0.3, -0.25) is 9.59 Å². The predicted octanol–water partition coefficient (Wildman–Crippen LogP) is 4.36. The van der Waals surface area contributed by atoms with Crippen molar-refractivity contribution in [2.45, 2.75) is 44.7 Å². The summed E-state index contributed by atoms with van der Waals surface area (Å²) >= 11 is 0. The molecule has 158 valence electrons. The molecule has 0 spiro atoms. The summed E-state index contributed by atoms with van der Waals surface area (Å²) in [6, 6.07) is 4.70. The van der Waals surface area contributed by atoms with Gasteiger partial charge < -0.3 is 9.80 Å². The van der Waals surface area contributed by atoms with E-state index in [1.165, 1.54) is 37.1 Å². The van der Waals surface area contributed by atoms with Crippen LogP contribution in [0.3, 0.4) is 0 Å². The zero-order chi connectivity index (χ0) is 20.9. The van der Waals surface area contributed by atoms with Crippen molar-refractivity contribution in [2.24, 2.45) is 5.92 Å². The molecule has 1 aromatic rings. The van der Waals surface area contributed by atoms with E-state index in [0.29, 0.717) is 31.5 Å². The van der Waals surface area contributed by atoms with Crippen molar-refractivity contribution in [3.8, 4) is 0 Å². The van der Waals surface area contributed by atoms with Crippen LogP contribution in [0.15, 0.2) is 30.3 Å². The normalized spacial score (nSPS) is 19.4. The van der Waals surface area contributed by atoms with Crippen LogP contribution >= 0.6 is 0 Å². The molecule has 2 aliphatic rings. The lowest BCUT2D eigenvalue weighted by Crippen LogP contribution is -2.44. The van der Waals surface area contributed by atoms with Crippen LogP contribution in [0, 0.1) is 5.92 Å². The first-order chi connectivity index (χ1) is 13.8. The highest BCUT2D eigenvalue weighted by atomic mass is 19.4. The van der Waals surface area contributed by atoms with E-state index in [0.717, 1.165) is 38.1 Å². The summed E-state index contributed by atoms with van der Waals surface area (Å²) in [7, 11) is 0. The highest BCUT2D eigenvalue weighted by molar-refractivity contribution is 5.92. The number of amides is 2.